The van der Waals surface area contributed by atoms with E-state index < -0.39 is 0 Å². The van der Waals surface area contributed by atoms with Crippen molar-refractivity contribution < 1.29 is 9.47 Å². The number of benzene rings is 1. The number of hydrogen-bond acceptors (Lipinski definition) is 4. The summed E-state index contributed by atoms with van der Waals surface area (Å²) in [5, 5.41) is 2.19. The third-order valence-electron chi connectivity index (χ3n) is 5.86. The molecular weight excluding hydrogens is 306 g/mol. The second-order valence-corrected chi connectivity index (χ2v) is 8.00. The van der Waals surface area contributed by atoms with Crippen molar-refractivity contribution in [2.45, 2.75) is 31.2 Å². The minimum absolute atomic E-state index is 0.376. The smallest absolute Gasteiger partial charge is 0.231 e. The van der Waals surface area contributed by atoms with Crippen molar-refractivity contribution in [2.24, 2.45) is 5.92 Å². The Morgan fingerprint density at radius 3 is 3.09 bits per heavy atom. The lowest BCUT2D eigenvalue weighted by molar-refractivity contribution is 0.172. The number of hydrogen-bond donors (Lipinski definition) is 0. The van der Waals surface area contributed by atoms with Crippen LogP contribution in [0.1, 0.15) is 28.3 Å². The minimum atomic E-state index is 0.376. The van der Waals surface area contributed by atoms with E-state index in [2.05, 4.69) is 41.6 Å². The van der Waals surface area contributed by atoms with Gasteiger partial charge in [-0.25, -0.2) is 0 Å². The van der Waals surface area contributed by atoms with Gasteiger partial charge in [-0.15, -0.1) is 11.3 Å². The molecule has 23 heavy (non-hydrogen) atoms. The van der Waals surface area contributed by atoms with Crippen molar-refractivity contribution >= 4 is 11.3 Å². The molecule has 1 saturated heterocycles. The molecule has 4 heteroatoms. The number of ether oxygens (including phenoxy) is 2. The van der Waals surface area contributed by atoms with Crippen LogP contribution in [0.15, 0.2) is 29.6 Å². The molecular formula is C19H21NO2S. The molecule has 3 atom stereocenters. The van der Waals surface area contributed by atoms with Crippen molar-refractivity contribution in [3.63, 3.8) is 0 Å². The summed E-state index contributed by atoms with van der Waals surface area (Å²) < 4.78 is 11.3. The van der Waals surface area contributed by atoms with Gasteiger partial charge in [0.25, 0.3) is 0 Å². The maximum absolute atomic E-state index is 5.75. The summed E-state index contributed by atoms with van der Waals surface area (Å²) >= 11 is 1.89. The number of thiophene rings is 1. The van der Waals surface area contributed by atoms with E-state index >= 15 is 0 Å². The van der Waals surface area contributed by atoms with Crippen molar-refractivity contribution in [3.05, 3.63) is 45.6 Å². The highest BCUT2D eigenvalue weighted by Gasteiger charge is 2.44. The monoisotopic (exact) mass is 327 g/mol. The molecule has 0 bridgehead atoms. The molecule has 3 aliphatic rings. The molecule has 1 fully saturated rings. The van der Waals surface area contributed by atoms with Gasteiger partial charge in [0.15, 0.2) is 11.5 Å². The van der Waals surface area contributed by atoms with Gasteiger partial charge in [0.1, 0.15) is 0 Å². The van der Waals surface area contributed by atoms with Crippen LogP contribution in [0.5, 0.6) is 11.5 Å². The number of fused-ring (bicyclic) bond motifs is 5. The molecule has 3 heterocycles. The fourth-order valence-electron chi connectivity index (χ4n) is 4.80. The van der Waals surface area contributed by atoms with Crippen LogP contribution in [0.25, 0.3) is 0 Å². The minimum Gasteiger partial charge on any atom is -0.454 e. The van der Waals surface area contributed by atoms with Crippen molar-refractivity contribution in [1.82, 2.24) is 4.90 Å². The summed E-state index contributed by atoms with van der Waals surface area (Å²) in [4.78, 5) is 4.09. The molecule has 120 valence electrons. The normalized spacial score (nSPS) is 28.7. The highest BCUT2D eigenvalue weighted by Crippen LogP contribution is 2.50. The fourth-order valence-corrected chi connectivity index (χ4v) is 5.56. The van der Waals surface area contributed by atoms with Crippen molar-refractivity contribution in [2.75, 3.05) is 20.4 Å². The molecule has 3 nitrogen and oxygen atoms in total. The lowest BCUT2D eigenvalue weighted by Crippen LogP contribution is -2.32. The Morgan fingerprint density at radius 2 is 2.22 bits per heavy atom. The van der Waals surface area contributed by atoms with E-state index in [4.69, 9.17) is 9.47 Å². The van der Waals surface area contributed by atoms with E-state index in [0.29, 0.717) is 18.8 Å². The molecule has 0 spiro atoms. The topological polar surface area (TPSA) is 21.7 Å². The van der Waals surface area contributed by atoms with Gasteiger partial charge in [-0.3, -0.25) is 0 Å². The zero-order valence-corrected chi connectivity index (χ0v) is 14.1. The van der Waals surface area contributed by atoms with E-state index in [1.54, 1.807) is 0 Å². The molecule has 3 unspecified atom stereocenters. The molecule has 1 aromatic heterocycles. The number of rotatable bonds is 2. The summed E-state index contributed by atoms with van der Waals surface area (Å²) in [7, 11) is 2.29. The molecule has 1 aliphatic carbocycles. The number of likely N-dealkylation sites (N-methyl/N-ethyl adjacent to an activating group) is 1. The quantitative estimate of drug-likeness (QED) is 0.840. The zero-order chi connectivity index (χ0) is 15.4. The van der Waals surface area contributed by atoms with Gasteiger partial charge in [-0.2, -0.15) is 0 Å². The van der Waals surface area contributed by atoms with E-state index in [9.17, 15) is 0 Å². The Hall–Kier alpha value is -1.52. The van der Waals surface area contributed by atoms with Gasteiger partial charge in [-0.1, -0.05) is 12.1 Å². The Labute approximate surface area is 140 Å². The van der Waals surface area contributed by atoms with Crippen LogP contribution in [0.2, 0.25) is 0 Å². The predicted molar refractivity (Wildman–Crippen MR) is 91.6 cm³/mol. The standard InChI is InChI=1S/C19H21NO2S/c1-20-10-16-13-6-7-18-19(22-11-21-18)15(13)5-4-14(16)17(20)9-12-3-2-8-23-12/h2-3,6-8,14,16-17H,4-5,9-11H2,1H3. The largest absolute Gasteiger partial charge is 0.454 e. The maximum atomic E-state index is 5.75. The SMILES string of the molecule is CN1CC2c3ccc4c(c3CCC2C1Cc1cccs1)OCO4. The first-order valence-electron chi connectivity index (χ1n) is 8.45. The Bertz CT molecular complexity index is 727. The van der Waals surface area contributed by atoms with Crippen LogP contribution >= 0.6 is 11.3 Å². The Morgan fingerprint density at radius 1 is 1.26 bits per heavy atom. The first-order valence-corrected chi connectivity index (χ1v) is 9.33. The molecule has 5 rings (SSSR count). The van der Waals surface area contributed by atoms with Gasteiger partial charge in [0, 0.05) is 28.9 Å². The van der Waals surface area contributed by atoms with Gasteiger partial charge in [0.2, 0.25) is 6.79 Å². The van der Waals surface area contributed by atoms with Gasteiger partial charge < -0.3 is 14.4 Å². The van der Waals surface area contributed by atoms with Crippen molar-refractivity contribution in [1.29, 1.82) is 0 Å². The summed E-state index contributed by atoms with van der Waals surface area (Å²) in [5.41, 5.74) is 2.91. The van der Waals surface area contributed by atoms with Crippen LogP contribution in [0.4, 0.5) is 0 Å². The number of likely N-dealkylation sites (tertiary alicyclic amines) is 1. The van der Waals surface area contributed by atoms with Crippen LogP contribution in [-0.4, -0.2) is 31.3 Å². The lowest BCUT2D eigenvalue weighted by Gasteiger charge is -2.31. The fraction of sp³-hybridized carbons (Fsp3) is 0.474. The molecule has 0 N–H and O–H groups in total. The van der Waals surface area contributed by atoms with Gasteiger partial charge in [-0.05, 0) is 55.3 Å². The Balaban J connectivity index is 1.48. The summed E-state index contributed by atoms with van der Waals surface area (Å²) in [6.07, 6.45) is 3.57. The highest BCUT2D eigenvalue weighted by molar-refractivity contribution is 7.09. The molecule has 0 saturated carbocycles. The van der Waals surface area contributed by atoms with E-state index in [-0.39, 0.29) is 0 Å². The van der Waals surface area contributed by atoms with Crippen LogP contribution in [0, 0.1) is 5.92 Å². The average Bonchev–Trinajstić information content (AvgIpc) is 3.28. The lowest BCUT2D eigenvalue weighted by atomic mass is 9.73. The molecule has 0 radical (unpaired) electrons. The summed E-state index contributed by atoms with van der Waals surface area (Å²) in [6, 6.07) is 9.51. The average molecular weight is 327 g/mol. The van der Waals surface area contributed by atoms with Crippen LogP contribution < -0.4 is 9.47 Å². The van der Waals surface area contributed by atoms with Crippen LogP contribution in [-0.2, 0) is 12.8 Å². The molecule has 1 aromatic carbocycles. The molecule has 0 amide bonds. The predicted octanol–water partition coefficient (Wildman–Crippen LogP) is 3.68. The first-order chi connectivity index (χ1) is 11.3. The van der Waals surface area contributed by atoms with Crippen molar-refractivity contribution in [3.8, 4) is 11.5 Å². The third-order valence-corrected chi connectivity index (χ3v) is 6.76. The second-order valence-electron chi connectivity index (χ2n) is 6.97. The summed E-state index contributed by atoms with van der Waals surface area (Å²) in [6.45, 7) is 1.54. The second kappa shape index (κ2) is 5.25. The maximum Gasteiger partial charge on any atom is 0.231 e. The Kier molecular flexibility index (Phi) is 3.17. The summed E-state index contributed by atoms with van der Waals surface area (Å²) in [5.74, 6) is 3.35. The zero-order valence-electron chi connectivity index (χ0n) is 13.3. The third kappa shape index (κ3) is 2.12. The van der Waals surface area contributed by atoms with E-state index in [1.165, 1.54) is 28.8 Å². The molecule has 2 aromatic rings. The highest BCUT2D eigenvalue weighted by atomic mass is 32.1. The van der Waals surface area contributed by atoms with Gasteiger partial charge >= 0.3 is 0 Å². The van der Waals surface area contributed by atoms with Crippen LogP contribution in [0.3, 0.4) is 0 Å². The number of nitrogens with zero attached hydrogens (tertiary/aromatic N) is 1. The van der Waals surface area contributed by atoms with E-state index in [1.807, 2.05) is 11.3 Å². The van der Waals surface area contributed by atoms with E-state index in [0.717, 1.165) is 30.4 Å². The van der Waals surface area contributed by atoms with Gasteiger partial charge in [0.05, 0.1) is 0 Å². The first kappa shape index (κ1) is 13.9. The molecule has 2 aliphatic heterocycles.